The Kier molecular flexibility index (Phi) is 5.43. The summed E-state index contributed by atoms with van der Waals surface area (Å²) in [5, 5.41) is 12.6. The van der Waals surface area contributed by atoms with E-state index in [4.69, 9.17) is 0 Å². The van der Waals surface area contributed by atoms with Gasteiger partial charge in [0.15, 0.2) is 0 Å². The Balaban J connectivity index is 2.46. The van der Waals surface area contributed by atoms with E-state index < -0.39 is 6.10 Å². The molecule has 2 N–H and O–H groups in total. The third kappa shape index (κ3) is 4.41. The van der Waals surface area contributed by atoms with Crippen LogP contribution in [0.4, 0.5) is 0 Å². The number of benzene rings is 1. The van der Waals surface area contributed by atoms with Crippen molar-refractivity contribution in [2.24, 2.45) is 0 Å². The SMILES string of the molecule is CC/C=C(\C)C(=O)NCC(O)c1ccccc1. The van der Waals surface area contributed by atoms with Crippen LogP contribution in [0.15, 0.2) is 42.0 Å². The molecule has 1 rings (SSSR count). The Morgan fingerprint density at radius 1 is 1.41 bits per heavy atom. The first-order chi connectivity index (χ1) is 8.15. The largest absolute Gasteiger partial charge is 0.387 e. The monoisotopic (exact) mass is 233 g/mol. The van der Waals surface area contributed by atoms with Crippen LogP contribution in [0.1, 0.15) is 31.9 Å². The summed E-state index contributed by atoms with van der Waals surface area (Å²) in [5.74, 6) is -0.123. The summed E-state index contributed by atoms with van der Waals surface area (Å²) < 4.78 is 0. The van der Waals surface area contributed by atoms with E-state index in [-0.39, 0.29) is 12.5 Å². The van der Waals surface area contributed by atoms with Crippen molar-refractivity contribution >= 4 is 5.91 Å². The molecule has 0 aliphatic carbocycles. The second-order valence-corrected chi connectivity index (χ2v) is 3.93. The molecule has 0 aliphatic rings. The number of aliphatic hydroxyl groups is 1. The van der Waals surface area contributed by atoms with E-state index in [1.54, 1.807) is 6.92 Å². The van der Waals surface area contributed by atoms with Crippen LogP contribution in [0, 0.1) is 0 Å². The average Bonchev–Trinajstić information content (AvgIpc) is 2.36. The lowest BCUT2D eigenvalue weighted by atomic mass is 10.1. The number of allylic oxidation sites excluding steroid dienone is 1. The van der Waals surface area contributed by atoms with E-state index in [0.29, 0.717) is 5.57 Å². The number of amides is 1. The highest BCUT2D eigenvalue weighted by atomic mass is 16.3. The lowest BCUT2D eigenvalue weighted by molar-refractivity contribution is -0.117. The third-order valence-corrected chi connectivity index (χ3v) is 2.51. The van der Waals surface area contributed by atoms with Gasteiger partial charge in [0.2, 0.25) is 5.91 Å². The number of rotatable bonds is 5. The van der Waals surface area contributed by atoms with Gasteiger partial charge in [0.05, 0.1) is 6.10 Å². The van der Waals surface area contributed by atoms with Gasteiger partial charge >= 0.3 is 0 Å². The topological polar surface area (TPSA) is 49.3 Å². The fourth-order valence-electron chi connectivity index (χ4n) is 1.52. The molecule has 3 heteroatoms. The maximum Gasteiger partial charge on any atom is 0.246 e. The normalized spacial score (nSPS) is 13.2. The summed E-state index contributed by atoms with van der Waals surface area (Å²) in [6.45, 7) is 3.99. The van der Waals surface area contributed by atoms with Crippen molar-refractivity contribution < 1.29 is 9.90 Å². The highest BCUT2D eigenvalue weighted by molar-refractivity contribution is 5.92. The van der Waals surface area contributed by atoms with Crippen LogP contribution in [0.5, 0.6) is 0 Å². The summed E-state index contributed by atoms with van der Waals surface area (Å²) >= 11 is 0. The summed E-state index contributed by atoms with van der Waals surface area (Å²) in [6.07, 6.45) is 2.04. The van der Waals surface area contributed by atoms with Gasteiger partial charge in [0, 0.05) is 12.1 Å². The molecule has 1 unspecified atom stereocenters. The zero-order valence-corrected chi connectivity index (χ0v) is 10.3. The van der Waals surface area contributed by atoms with Gasteiger partial charge in [-0.05, 0) is 18.9 Å². The van der Waals surface area contributed by atoms with Crippen molar-refractivity contribution in [2.45, 2.75) is 26.4 Å². The van der Waals surface area contributed by atoms with Crippen molar-refractivity contribution in [3.63, 3.8) is 0 Å². The predicted octanol–water partition coefficient (Wildman–Crippen LogP) is 2.19. The molecule has 0 bridgehead atoms. The Hall–Kier alpha value is -1.61. The molecule has 1 amide bonds. The van der Waals surface area contributed by atoms with E-state index >= 15 is 0 Å². The molecule has 0 radical (unpaired) electrons. The van der Waals surface area contributed by atoms with Crippen LogP contribution in [0.2, 0.25) is 0 Å². The number of hydrogen-bond acceptors (Lipinski definition) is 2. The number of aliphatic hydroxyl groups excluding tert-OH is 1. The standard InChI is InChI=1S/C14H19NO2/c1-3-7-11(2)14(17)15-10-13(16)12-8-5-4-6-9-12/h4-9,13,16H,3,10H2,1-2H3,(H,15,17)/b11-7+. The summed E-state index contributed by atoms with van der Waals surface area (Å²) in [7, 11) is 0. The molecule has 0 aliphatic heterocycles. The predicted molar refractivity (Wildman–Crippen MR) is 68.5 cm³/mol. The zero-order valence-electron chi connectivity index (χ0n) is 10.3. The van der Waals surface area contributed by atoms with Crippen molar-refractivity contribution in [1.82, 2.24) is 5.32 Å². The highest BCUT2D eigenvalue weighted by Gasteiger charge is 2.09. The fraction of sp³-hybridized carbons (Fsp3) is 0.357. The van der Waals surface area contributed by atoms with Crippen LogP contribution in [-0.2, 0) is 4.79 Å². The van der Waals surface area contributed by atoms with Crippen LogP contribution < -0.4 is 5.32 Å². The first-order valence-corrected chi connectivity index (χ1v) is 5.83. The van der Waals surface area contributed by atoms with Gasteiger partial charge in [-0.15, -0.1) is 0 Å². The molecular weight excluding hydrogens is 214 g/mol. The molecule has 17 heavy (non-hydrogen) atoms. The van der Waals surface area contributed by atoms with E-state index in [1.165, 1.54) is 0 Å². The number of hydrogen-bond donors (Lipinski definition) is 2. The molecule has 1 atom stereocenters. The molecule has 0 heterocycles. The van der Waals surface area contributed by atoms with Crippen LogP contribution in [-0.4, -0.2) is 17.6 Å². The Morgan fingerprint density at radius 3 is 2.65 bits per heavy atom. The molecule has 1 aromatic carbocycles. The minimum absolute atomic E-state index is 0.123. The van der Waals surface area contributed by atoms with Crippen molar-refractivity contribution in [2.75, 3.05) is 6.54 Å². The fourth-order valence-corrected chi connectivity index (χ4v) is 1.52. The quantitative estimate of drug-likeness (QED) is 0.766. The van der Waals surface area contributed by atoms with Gasteiger partial charge in [0.1, 0.15) is 0 Å². The van der Waals surface area contributed by atoms with E-state index in [0.717, 1.165) is 12.0 Å². The van der Waals surface area contributed by atoms with E-state index in [2.05, 4.69) is 5.32 Å². The lowest BCUT2D eigenvalue weighted by Gasteiger charge is -2.12. The molecule has 3 nitrogen and oxygen atoms in total. The van der Waals surface area contributed by atoms with Crippen LogP contribution in [0.25, 0.3) is 0 Å². The van der Waals surface area contributed by atoms with Gasteiger partial charge in [-0.25, -0.2) is 0 Å². The second-order valence-electron chi connectivity index (χ2n) is 3.93. The molecule has 1 aromatic rings. The summed E-state index contributed by atoms with van der Waals surface area (Å²) in [4.78, 5) is 11.6. The maximum absolute atomic E-state index is 11.6. The molecule has 0 spiro atoms. The molecule has 0 saturated heterocycles. The number of carbonyl (C=O) groups excluding carboxylic acids is 1. The van der Waals surface area contributed by atoms with Crippen LogP contribution >= 0.6 is 0 Å². The highest BCUT2D eigenvalue weighted by Crippen LogP contribution is 2.10. The minimum Gasteiger partial charge on any atom is -0.387 e. The van der Waals surface area contributed by atoms with Gasteiger partial charge in [-0.1, -0.05) is 43.3 Å². The molecule has 0 aromatic heterocycles. The molecule has 0 saturated carbocycles. The van der Waals surface area contributed by atoms with Gasteiger partial charge in [-0.3, -0.25) is 4.79 Å². The minimum atomic E-state index is -0.658. The van der Waals surface area contributed by atoms with E-state index in [1.807, 2.05) is 43.3 Å². The summed E-state index contributed by atoms with van der Waals surface area (Å²) in [5.41, 5.74) is 1.50. The lowest BCUT2D eigenvalue weighted by Crippen LogP contribution is -2.28. The molecule has 0 fully saturated rings. The zero-order chi connectivity index (χ0) is 12.7. The number of nitrogens with one attached hydrogen (secondary N) is 1. The second kappa shape index (κ2) is 6.86. The Bertz CT molecular complexity index is 384. The van der Waals surface area contributed by atoms with E-state index in [9.17, 15) is 9.90 Å². The van der Waals surface area contributed by atoms with Gasteiger partial charge < -0.3 is 10.4 Å². The number of carbonyl (C=O) groups is 1. The molecule has 92 valence electrons. The first-order valence-electron chi connectivity index (χ1n) is 5.83. The Morgan fingerprint density at radius 2 is 2.06 bits per heavy atom. The van der Waals surface area contributed by atoms with Crippen molar-refractivity contribution in [3.8, 4) is 0 Å². The van der Waals surface area contributed by atoms with Gasteiger partial charge in [-0.2, -0.15) is 0 Å². The van der Waals surface area contributed by atoms with Crippen LogP contribution in [0.3, 0.4) is 0 Å². The Labute approximate surface area is 102 Å². The third-order valence-electron chi connectivity index (χ3n) is 2.51. The van der Waals surface area contributed by atoms with Crippen molar-refractivity contribution in [1.29, 1.82) is 0 Å². The average molecular weight is 233 g/mol. The maximum atomic E-state index is 11.6. The smallest absolute Gasteiger partial charge is 0.246 e. The first kappa shape index (κ1) is 13.5. The van der Waals surface area contributed by atoms with Crippen molar-refractivity contribution in [3.05, 3.63) is 47.5 Å². The molecular formula is C14H19NO2. The summed E-state index contributed by atoms with van der Waals surface area (Å²) in [6, 6.07) is 9.30. The van der Waals surface area contributed by atoms with Gasteiger partial charge in [0.25, 0.3) is 0 Å².